The van der Waals surface area contributed by atoms with Crippen molar-refractivity contribution in [2.24, 2.45) is 5.92 Å². The number of pyridine rings is 1. The van der Waals surface area contributed by atoms with Gasteiger partial charge in [0.2, 0.25) is 0 Å². The van der Waals surface area contributed by atoms with Crippen LogP contribution in [0.4, 0.5) is 19.0 Å². The summed E-state index contributed by atoms with van der Waals surface area (Å²) in [6.07, 6.45) is 8.36. The molecule has 0 radical (unpaired) electrons. The summed E-state index contributed by atoms with van der Waals surface area (Å²) in [7, 11) is 0. The second-order valence-electron chi connectivity index (χ2n) is 14.2. The number of nitrogens with zero attached hydrogens (tertiary/aromatic N) is 8. The number of rotatable bonds is 3. The van der Waals surface area contributed by atoms with Crippen LogP contribution in [0.5, 0.6) is 11.8 Å². The molecule has 10 nitrogen and oxygen atoms in total. The summed E-state index contributed by atoms with van der Waals surface area (Å²) in [6, 6.07) is 5.96. The van der Waals surface area contributed by atoms with Gasteiger partial charge >= 0.3 is 6.01 Å². The van der Waals surface area contributed by atoms with Gasteiger partial charge < -0.3 is 14.7 Å². The summed E-state index contributed by atoms with van der Waals surface area (Å²) in [6.45, 7) is 3.33. The van der Waals surface area contributed by atoms with Crippen molar-refractivity contribution in [3.8, 4) is 23.0 Å². The van der Waals surface area contributed by atoms with Gasteiger partial charge in [-0.05, 0) is 91.9 Å². The number of alkyl halides is 1. The second kappa shape index (κ2) is 11.8. The Morgan fingerprint density at radius 2 is 1.96 bits per heavy atom. The molecule has 10 rings (SSSR count). The number of fused-ring (bicyclic) bond motifs is 4. The Balaban J connectivity index is 1.22. The van der Waals surface area contributed by atoms with E-state index in [2.05, 4.69) is 30.1 Å². The van der Waals surface area contributed by atoms with Gasteiger partial charge in [0.1, 0.15) is 41.4 Å². The third kappa shape index (κ3) is 5.33. The maximum atomic E-state index is 17.1. The van der Waals surface area contributed by atoms with E-state index < -0.39 is 23.3 Å². The van der Waals surface area contributed by atoms with E-state index in [4.69, 9.17) is 9.72 Å². The lowest BCUT2D eigenvalue weighted by Gasteiger charge is -2.34. The molecular formula is C36H37F3N8O2. The van der Waals surface area contributed by atoms with Crippen molar-refractivity contribution in [3.05, 3.63) is 59.6 Å². The molecule has 49 heavy (non-hydrogen) atoms. The number of ether oxygens (including phenoxy) is 1. The topological polar surface area (TPSA) is 105 Å². The number of piperidine rings is 1. The van der Waals surface area contributed by atoms with Gasteiger partial charge in [-0.15, -0.1) is 5.10 Å². The first-order valence-electron chi connectivity index (χ1n) is 17.3. The van der Waals surface area contributed by atoms with Crippen LogP contribution in [0.25, 0.3) is 32.9 Å². The molecule has 3 saturated heterocycles. The van der Waals surface area contributed by atoms with Crippen LogP contribution < -0.4 is 9.64 Å². The summed E-state index contributed by atoms with van der Waals surface area (Å²) < 4.78 is 55.3. The monoisotopic (exact) mass is 670 g/mol. The Bertz CT molecular complexity index is 2090. The van der Waals surface area contributed by atoms with Crippen LogP contribution >= 0.6 is 0 Å². The van der Waals surface area contributed by atoms with E-state index in [1.54, 1.807) is 23.0 Å². The molecule has 254 valence electrons. The Morgan fingerprint density at radius 3 is 2.88 bits per heavy atom. The van der Waals surface area contributed by atoms with Crippen LogP contribution in [0, 0.1) is 17.6 Å². The Labute approximate surface area is 280 Å². The highest BCUT2D eigenvalue weighted by Gasteiger charge is 2.49. The average molecular weight is 671 g/mol. The molecule has 0 aliphatic carbocycles. The van der Waals surface area contributed by atoms with Crippen LogP contribution in [-0.2, 0) is 19.4 Å². The van der Waals surface area contributed by atoms with Crippen molar-refractivity contribution in [3.63, 3.8) is 0 Å². The minimum Gasteiger partial charge on any atom is -0.508 e. The van der Waals surface area contributed by atoms with E-state index in [1.807, 2.05) is 6.20 Å². The molecule has 5 aromatic rings. The summed E-state index contributed by atoms with van der Waals surface area (Å²) in [5, 5.41) is 21.0. The summed E-state index contributed by atoms with van der Waals surface area (Å²) >= 11 is 0. The maximum Gasteiger partial charge on any atom is 0.319 e. The Kier molecular flexibility index (Phi) is 7.36. The standard InChI is InChI=1S/C36H37F3N8O2/c37-23-15-36(8-3-10-46(36)18-23)20-49-35-41-33-28-16-40-32(31(33)39)27-14-25(48)13-22-6-7-29(38)26(30(22)27)5-2-11-47-19-24(43-44-47)12-21-4-1-9-45(17-21)34(28)42-35/h6-7,13-14,16,19,21,23,48H,1-5,8-12,15,17-18,20H2/t21?,23-,36+/m1/s1. The molecule has 5 aliphatic heterocycles. The van der Waals surface area contributed by atoms with E-state index in [0.29, 0.717) is 73.0 Å². The number of benzene rings is 2. The molecule has 3 fully saturated rings. The zero-order valence-electron chi connectivity index (χ0n) is 27.1. The van der Waals surface area contributed by atoms with E-state index in [0.717, 1.165) is 44.3 Å². The normalized spacial score (nSPS) is 24.1. The van der Waals surface area contributed by atoms with E-state index in [-0.39, 0.29) is 41.1 Å². The first-order valence-corrected chi connectivity index (χ1v) is 17.3. The number of phenols is 1. The number of aromatic nitrogens is 6. The van der Waals surface area contributed by atoms with Crippen molar-refractivity contribution < 1.29 is 23.0 Å². The fourth-order valence-corrected chi connectivity index (χ4v) is 8.77. The minimum atomic E-state index is -0.915. The van der Waals surface area contributed by atoms with Gasteiger partial charge in [-0.25, -0.2) is 13.2 Å². The molecule has 8 heterocycles. The number of anilines is 1. The highest BCUT2D eigenvalue weighted by atomic mass is 19.1. The number of phenolic OH excluding ortho intramolecular Hbond substituents is 1. The Morgan fingerprint density at radius 1 is 1.04 bits per heavy atom. The third-order valence-corrected chi connectivity index (χ3v) is 11.0. The molecule has 1 N–H and O–H groups in total. The predicted octanol–water partition coefficient (Wildman–Crippen LogP) is 5.78. The smallest absolute Gasteiger partial charge is 0.319 e. The largest absolute Gasteiger partial charge is 0.508 e. The van der Waals surface area contributed by atoms with Gasteiger partial charge in [-0.1, -0.05) is 11.3 Å². The first-order chi connectivity index (χ1) is 23.8. The van der Waals surface area contributed by atoms with Crippen molar-refractivity contribution in [1.29, 1.82) is 0 Å². The zero-order valence-corrected chi connectivity index (χ0v) is 27.1. The number of hydrogen-bond donors (Lipinski definition) is 1. The van der Waals surface area contributed by atoms with Crippen LogP contribution in [-0.4, -0.2) is 84.4 Å². The minimum absolute atomic E-state index is 0.0223. The molecule has 8 bridgehead atoms. The van der Waals surface area contributed by atoms with Crippen LogP contribution in [0.15, 0.2) is 36.7 Å². The molecule has 3 aromatic heterocycles. The summed E-state index contributed by atoms with van der Waals surface area (Å²) in [5.41, 5.74) is 1.12. The van der Waals surface area contributed by atoms with Crippen LogP contribution in [0.3, 0.4) is 0 Å². The van der Waals surface area contributed by atoms with Gasteiger partial charge in [-0.3, -0.25) is 14.6 Å². The molecule has 0 saturated carbocycles. The average Bonchev–Trinajstić information content (AvgIpc) is 3.78. The molecule has 5 aliphatic rings. The lowest BCUT2D eigenvalue weighted by molar-refractivity contribution is 0.107. The van der Waals surface area contributed by atoms with Gasteiger partial charge in [0.25, 0.3) is 0 Å². The molecule has 1 unspecified atom stereocenters. The fourth-order valence-electron chi connectivity index (χ4n) is 8.77. The molecule has 0 spiro atoms. The molecular weight excluding hydrogens is 633 g/mol. The van der Waals surface area contributed by atoms with E-state index in [9.17, 15) is 9.50 Å². The molecule has 2 aromatic carbocycles. The summed E-state index contributed by atoms with van der Waals surface area (Å²) in [5.74, 6) is -0.432. The van der Waals surface area contributed by atoms with Crippen LogP contribution in [0.1, 0.15) is 49.8 Å². The summed E-state index contributed by atoms with van der Waals surface area (Å²) in [4.78, 5) is 18.4. The van der Waals surface area contributed by atoms with Gasteiger partial charge in [-0.2, -0.15) is 9.97 Å². The third-order valence-electron chi connectivity index (χ3n) is 11.0. The van der Waals surface area contributed by atoms with E-state index in [1.165, 1.54) is 12.1 Å². The zero-order chi connectivity index (χ0) is 33.3. The van der Waals surface area contributed by atoms with Gasteiger partial charge in [0, 0.05) is 50.6 Å². The number of hydrogen-bond acceptors (Lipinski definition) is 9. The van der Waals surface area contributed by atoms with Crippen molar-refractivity contribution >= 4 is 27.5 Å². The maximum absolute atomic E-state index is 17.1. The van der Waals surface area contributed by atoms with Crippen molar-refractivity contribution in [2.75, 3.05) is 37.7 Å². The fraction of sp³-hybridized carbons (Fsp3) is 0.472. The number of halogens is 3. The lowest BCUT2D eigenvalue weighted by Crippen LogP contribution is -2.43. The highest BCUT2D eigenvalue weighted by molar-refractivity contribution is 6.01. The lowest BCUT2D eigenvalue weighted by atomic mass is 9.92. The van der Waals surface area contributed by atoms with Crippen molar-refractivity contribution in [1.82, 2.24) is 34.8 Å². The SMILES string of the molecule is Oc1cc2c3c(c(F)ccc3c1)CCCn1cc(nn1)CC1CCCN(C1)c1nc(OC[C@@]34CCCN3C[C@H](F)C4)nc3c(F)c-2ncc13. The number of aryl methyl sites for hydroxylation is 2. The van der Waals surface area contributed by atoms with E-state index >= 15 is 8.78 Å². The quantitative estimate of drug-likeness (QED) is 0.256. The second-order valence-corrected chi connectivity index (χ2v) is 14.2. The number of aromatic hydroxyl groups is 1. The predicted molar refractivity (Wildman–Crippen MR) is 177 cm³/mol. The highest BCUT2D eigenvalue weighted by Crippen LogP contribution is 2.42. The van der Waals surface area contributed by atoms with Crippen LogP contribution in [0.2, 0.25) is 0 Å². The van der Waals surface area contributed by atoms with Gasteiger partial charge in [0.05, 0.1) is 16.6 Å². The molecule has 13 heteroatoms. The molecule has 0 amide bonds. The Hall–Kier alpha value is -4.52. The van der Waals surface area contributed by atoms with Crippen molar-refractivity contribution in [2.45, 2.75) is 69.6 Å². The molecule has 3 atom stereocenters. The van der Waals surface area contributed by atoms with Gasteiger partial charge in [0.15, 0.2) is 5.82 Å². The first kappa shape index (κ1) is 30.5.